The number of anilines is 1. The Bertz CT molecular complexity index is 1320. The lowest BCUT2D eigenvalue weighted by atomic mass is 10.1. The molecule has 0 spiro atoms. The molecule has 0 bridgehead atoms. The quantitative estimate of drug-likeness (QED) is 0.466. The second kappa shape index (κ2) is 8.27. The number of carbonyl (C=O) groups excluding carboxylic acids is 1. The molecule has 0 aliphatic heterocycles. The molecule has 9 heteroatoms. The van der Waals surface area contributed by atoms with Crippen LogP contribution in [0.15, 0.2) is 82.4 Å². The Morgan fingerprint density at radius 3 is 2.73 bits per heavy atom. The zero-order valence-corrected chi connectivity index (χ0v) is 17.1. The number of sulfonamides is 1. The summed E-state index contributed by atoms with van der Waals surface area (Å²) in [7, 11) is -3.80. The van der Waals surface area contributed by atoms with Gasteiger partial charge in [0.15, 0.2) is 0 Å². The van der Waals surface area contributed by atoms with Crippen LogP contribution in [-0.4, -0.2) is 19.3 Å². The Morgan fingerprint density at radius 1 is 1.07 bits per heavy atom. The topological polar surface area (TPSA) is 101 Å². The zero-order valence-electron chi connectivity index (χ0n) is 15.5. The van der Waals surface area contributed by atoms with E-state index in [9.17, 15) is 13.2 Å². The van der Waals surface area contributed by atoms with Crippen molar-refractivity contribution in [3.8, 4) is 0 Å². The lowest BCUT2D eigenvalue weighted by Gasteiger charge is -2.10. The van der Waals surface area contributed by atoms with E-state index in [-0.39, 0.29) is 11.4 Å². The Labute approximate surface area is 177 Å². The molecule has 0 atom stereocenters. The first-order chi connectivity index (χ1) is 14.4. The smallest absolute Gasteiger partial charge is 0.257 e. The molecule has 0 unspecified atom stereocenters. The highest BCUT2D eigenvalue weighted by Gasteiger charge is 2.17. The average molecular weight is 442 g/mol. The molecule has 4 aromatic rings. The first-order valence-electron chi connectivity index (χ1n) is 8.90. The predicted molar refractivity (Wildman–Crippen MR) is 114 cm³/mol. The van der Waals surface area contributed by atoms with Gasteiger partial charge in [0.25, 0.3) is 5.91 Å². The summed E-state index contributed by atoms with van der Waals surface area (Å²) in [5.41, 5.74) is 1.12. The average Bonchev–Trinajstić information content (AvgIpc) is 3.26. The van der Waals surface area contributed by atoms with Gasteiger partial charge in [-0.3, -0.25) is 9.78 Å². The van der Waals surface area contributed by atoms with Crippen molar-refractivity contribution in [1.29, 1.82) is 0 Å². The number of nitrogens with one attached hydrogen (secondary N) is 2. The number of hydrogen-bond donors (Lipinski definition) is 2. The molecule has 0 aliphatic carbocycles. The van der Waals surface area contributed by atoms with Crippen LogP contribution in [0, 0.1) is 0 Å². The summed E-state index contributed by atoms with van der Waals surface area (Å²) in [5, 5.41) is 3.84. The highest BCUT2D eigenvalue weighted by molar-refractivity contribution is 7.89. The van der Waals surface area contributed by atoms with Crippen molar-refractivity contribution in [2.24, 2.45) is 0 Å². The summed E-state index contributed by atoms with van der Waals surface area (Å²) in [6.07, 6.45) is 3.05. The fourth-order valence-electron chi connectivity index (χ4n) is 2.93. The molecule has 0 fully saturated rings. The summed E-state index contributed by atoms with van der Waals surface area (Å²) in [6, 6.07) is 16.1. The van der Waals surface area contributed by atoms with Crippen LogP contribution in [0.2, 0.25) is 5.02 Å². The minimum absolute atomic E-state index is 0.0148. The largest absolute Gasteiger partial charge is 0.468 e. The maximum atomic E-state index is 12.8. The van der Waals surface area contributed by atoms with E-state index in [0.717, 1.165) is 5.39 Å². The van der Waals surface area contributed by atoms with Gasteiger partial charge in [-0.25, -0.2) is 13.1 Å². The van der Waals surface area contributed by atoms with Crippen LogP contribution in [-0.2, 0) is 16.6 Å². The van der Waals surface area contributed by atoms with Crippen molar-refractivity contribution in [2.45, 2.75) is 11.4 Å². The third kappa shape index (κ3) is 4.35. The maximum Gasteiger partial charge on any atom is 0.257 e. The van der Waals surface area contributed by atoms with Crippen LogP contribution in [0.25, 0.3) is 10.9 Å². The predicted octanol–water partition coefficient (Wildman–Crippen LogP) is 4.21. The van der Waals surface area contributed by atoms with Crippen LogP contribution < -0.4 is 10.0 Å². The molecule has 2 aromatic heterocycles. The standard InChI is InChI=1S/C21H16ClN3O4S/c22-15-10-14-4-2-8-23-20(14)19(11-15)21(26)25-16-5-1-7-18(12-16)30(27,28)24-13-17-6-3-9-29-17/h1-12,24H,13H2,(H,25,26). The van der Waals surface area contributed by atoms with Crippen LogP contribution in [0.5, 0.6) is 0 Å². The van der Waals surface area contributed by atoms with E-state index in [1.54, 1.807) is 42.6 Å². The van der Waals surface area contributed by atoms with E-state index in [2.05, 4.69) is 15.0 Å². The van der Waals surface area contributed by atoms with Crippen LogP contribution >= 0.6 is 11.6 Å². The van der Waals surface area contributed by atoms with Crippen molar-refractivity contribution in [1.82, 2.24) is 9.71 Å². The molecule has 30 heavy (non-hydrogen) atoms. The second-order valence-electron chi connectivity index (χ2n) is 6.41. The third-order valence-corrected chi connectivity index (χ3v) is 5.95. The van der Waals surface area contributed by atoms with Crippen molar-refractivity contribution in [3.05, 3.63) is 89.5 Å². The molecule has 4 rings (SSSR count). The van der Waals surface area contributed by atoms with E-state index in [1.165, 1.54) is 24.5 Å². The van der Waals surface area contributed by atoms with Crippen molar-refractivity contribution >= 4 is 44.1 Å². The van der Waals surface area contributed by atoms with Gasteiger partial charge in [0.1, 0.15) is 5.76 Å². The SMILES string of the molecule is O=C(Nc1cccc(S(=O)(=O)NCc2ccco2)c1)c1cc(Cl)cc2cccnc12. The van der Waals surface area contributed by atoms with Gasteiger partial charge in [-0.2, -0.15) is 0 Å². The summed E-state index contributed by atoms with van der Waals surface area (Å²) in [6.45, 7) is 0.0199. The van der Waals surface area contributed by atoms with E-state index in [1.807, 2.05) is 6.07 Å². The molecule has 0 saturated heterocycles. The summed E-state index contributed by atoms with van der Waals surface area (Å²) >= 11 is 6.13. The number of fused-ring (bicyclic) bond motifs is 1. The number of pyridine rings is 1. The van der Waals surface area contributed by atoms with E-state index in [0.29, 0.717) is 27.6 Å². The lowest BCUT2D eigenvalue weighted by molar-refractivity contribution is 0.102. The molecule has 0 saturated carbocycles. The summed E-state index contributed by atoms with van der Waals surface area (Å²) in [5.74, 6) is 0.0441. The van der Waals surface area contributed by atoms with Crippen LogP contribution in [0.3, 0.4) is 0 Å². The Balaban J connectivity index is 1.57. The minimum atomic E-state index is -3.80. The van der Waals surface area contributed by atoms with Gasteiger partial charge in [0.2, 0.25) is 10.0 Å². The van der Waals surface area contributed by atoms with Gasteiger partial charge in [-0.05, 0) is 48.5 Å². The van der Waals surface area contributed by atoms with E-state index in [4.69, 9.17) is 16.0 Å². The Morgan fingerprint density at radius 2 is 1.93 bits per heavy atom. The summed E-state index contributed by atoms with van der Waals surface area (Å²) < 4.78 is 32.7. The number of aromatic nitrogens is 1. The molecule has 1 amide bonds. The normalized spacial score (nSPS) is 11.5. The number of rotatable bonds is 6. The number of carbonyl (C=O) groups is 1. The number of nitrogens with zero attached hydrogens (tertiary/aromatic N) is 1. The van der Waals surface area contributed by atoms with Crippen molar-refractivity contribution in [3.63, 3.8) is 0 Å². The fourth-order valence-corrected chi connectivity index (χ4v) is 4.20. The van der Waals surface area contributed by atoms with Gasteiger partial charge in [0.05, 0.1) is 28.8 Å². The monoisotopic (exact) mass is 441 g/mol. The highest BCUT2D eigenvalue weighted by atomic mass is 35.5. The maximum absolute atomic E-state index is 12.8. The first kappa shape index (κ1) is 20.1. The van der Waals surface area contributed by atoms with Crippen LogP contribution in [0.4, 0.5) is 5.69 Å². The molecule has 0 aliphatic rings. The molecular weight excluding hydrogens is 426 g/mol. The van der Waals surface area contributed by atoms with Gasteiger partial charge >= 0.3 is 0 Å². The highest BCUT2D eigenvalue weighted by Crippen LogP contribution is 2.24. The van der Waals surface area contributed by atoms with Gasteiger partial charge in [-0.15, -0.1) is 0 Å². The van der Waals surface area contributed by atoms with E-state index < -0.39 is 15.9 Å². The lowest BCUT2D eigenvalue weighted by Crippen LogP contribution is -2.23. The van der Waals surface area contributed by atoms with E-state index >= 15 is 0 Å². The molecular formula is C21H16ClN3O4S. The number of benzene rings is 2. The van der Waals surface area contributed by atoms with Crippen molar-refractivity contribution < 1.29 is 17.6 Å². The molecule has 2 heterocycles. The summed E-state index contributed by atoms with van der Waals surface area (Å²) in [4.78, 5) is 17.1. The molecule has 2 aromatic carbocycles. The van der Waals surface area contributed by atoms with Gasteiger partial charge < -0.3 is 9.73 Å². The van der Waals surface area contributed by atoms with Gasteiger partial charge in [-0.1, -0.05) is 23.7 Å². The number of hydrogen-bond acceptors (Lipinski definition) is 5. The number of furan rings is 1. The fraction of sp³-hybridized carbons (Fsp3) is 0.0476. The minimum Gasteiger partial charge on any atom is -0.468 e. The second-order valence-corrected chi connectivity index (χ2v) is 8.62. The Hall–Kier alpha value is -3.20. The number of amides is 1. The van der Waals surface area contributed by atoms with Crippen LogP contribution in [0.1, 0.15) is 16.1 Å². The zero-order chi connectivity index (χ0) is 21.1. The van der Waals surface area contributed by atoms with Crippen molar-refractivity contribution in [2.75, 3.05) is 5.32 Å². The molecule has 152 valence electrons. The third-order valence-electron chi connectivity index (χ3n) is 4.33. The molecule has 0 radical (unpaired) electrons. The number of halogens is 1. The first-order valence-corrected chi connectivity index (χ1v) is 10.8. The molecule has 7 nitrogen and oxygen atoms in total. The Kier molecular flexibility index (Phi) is 5.54. The van der Waals surface area contributed by atoms with Gasteiger partial charge in [0, 0.05) is 22.3 Å². The molecule has 2 N–H and O–H groups in total.